The molecule has 35 heavy (non-hydrogen) atoms. The maximum atomic E-state index is 13.3. The first-order valence-electron chi connectivity index (χ1n) is 10.5. The van der Waals surface area contributed by atoms with E-state index >= 15 is 0 Å². The van der Waals surface area contributed by atoms with Crippen LogP contribution in [0.25, 0.3) is 28.4 Å². The van der Waals surface area contributed by atoms with Crippen molar-refractivity contribution >= 4 is 38.9 Å². The van der Waals surface area contributed by atoms with Crippen LogP contribution in [0.4, 0.5) is 0 Å². The number of methoxy groups -OCH3 is 3. The Morgan fingerprint density at radius 2 is 1.60 bits per heavy atom. The number of para-hydroxylation sites is 1. The molecule has 0 atom stereocenters. The van der Waals surface area contributed by atoms with E-state index in [0.29, 0.717) is 43.8 Å². The average molecular weight is 537 g/mol. The highest BCUT2D eigenvalue weighted by atomic mass is 79.9. The van der Waals surface area contributed by atoms with E-state index in [0.717, 1.165) is 0 Å². The van der Waals surface area contributed by atoms with Gasteiger partial charge in [-0.05, 0) is 70.0 Å². The molecule has 0 saturated heterocycles. The Morgan fingerprint density at radius 1 is 0.886 bits per heavy atom. The molecule has 0 bridgehead atoms. The molecule has 3 aromatic carbocycles. The molecule has 0 aliphatic carbocycles. The molecule has 0 spiro atoms. The van der Waals surface area contributed by atoms with E-state index in [1.165, 1.54) is 13.2 Å². The summed E-state index contributed by atoms with van der Waals surface area (Å²) in [7, 11) is 4.62. The number of fused-ring (bicyclic) bond motifs is 1. The number of esters is 1. The predicted molar refractivity (Wildman–Crippen MR) is 136 cm³/mol. The van der Waals surface area contributed by atoms with Crippen molar-refractivity contribution in [3.8, 4) is 34.3 Å². The normalized spacial score (nSPS) is 11.0. The number of benzene rings is 3. The summed E-state index contributed by atoms with van der Waals surface area (Å²) >= 11 is 3.44. The fourth-order valence-electron chi connectivity index (χ4n) is 3.47. The molecule has 4 aromatic rings. The highest BCUT2D eigenvalue weighted by molar-refractivity contribution is 9.10. The maximum absolute atomic E-state index is 13.3. The predicted octanol–water partition coefficient (Wildman–Crippen LogP) is 5.87. The second kappa shape index (κ2) is 10.5. The summed E-state index contributed by atoms with van der Waals surface area (Å²) in [5.41, 5.74) is 1.14. The molecule has 0 aliphatic heterocycles. The highest BCUT2D eigenvalue weighted by Gasteiger charge is 2.20. The first-order chi connectivity index (χ1) is 16.9. The Morgan fingerprint density at radius 3 is 2.31 bits per heavy atom. The van der Waals surface area contributed by atoms with E-state index in [1.54, 1.807) is 81.0 Å². The van der Waals surface area contributed by atoms with Gasteiger partial charge in [-0.15, -0.1) is 0 Å². The molecule has 178 valence electrons. The number of carbonyl (C=O) groups excluding carboxylic acids is 1. The minimum absolute atomic E-state index is 0.130. The van der Waals surface area contributed by atoms with Crippen LogP contribution in [0.2, 0.25) is 0 Å². The van der Waals surface area contributed by atoms with Gasteiger partial charge in [-0.25, -0.2) is 4.79 Å². The third-order valence-corrected chi connectivity index (χ3v) is 5.81. The summed E-state index contributed by atoms with van der Waals surface area (Å²) in [6, 6.07) is 17.1. The lowest BCUT2D eigenvalue weighted by Gasteiger charge is -2.11. The van der Waals surface area contributed by atoms with Crippen LogP contribution in [0.15, 0.2) is 80.4 Å². The second-order valence-electron chi connectivity index (χ2n) is 7.30. The zero-order valence-corrected chi connectivity index (χ0v) is 20.7. The monoisotopic (exact) mass is 536 g/mol. The molecule has 7 nitrogen and oxygen atoms in total. The van der Waals surface area contributed by atoms with Crippen molar-refractivity contribution in [2.75, 3.05) is 21.3 Å². The highest BCUT2D eigenvalue weighted by Crippen LogP contribution is 2.35. The number of ether oxygens (including phenoxy) is 4. The van der Waals surface area contributed by atoms with E-state index in [-0.39, 0.29) is 11.5 Å². The average Bonchev–Trinajstić information content (AvgIpc) is 2.88. The van der Waals surface area contributed by atoms with Crippen LogP contribution >= 0.6 is 15.9 Å². The first kappa shape index (κ1) is 24.1. The van der Waals surface area contributed by atoms with Crippen molar-refractivity contribution in [1.29, 1.82) is 0 Å². The summed E-state index contributed by atoms with van der Waals surface area (Å²) in [4.78, 5) is 26.0. The van der Waals surface area contributed by atoms with E-state index in [1.807, 2.05) is 0 Å². The molecule has 8 heteroatoms. The van der Waals surface area contributed by atoms with Gasteiger partial charge in [0.2, 0.25) is 11.2 Å². The third-order valence-electron chi connectivity index (χ3n) is 5.19. The Bertz CT molecular complexity index is 1490. The fraction of sp³-hybridized carbons (Fsp3) is 0.111. The van der Waals surface area contributed by atoms with Gasteiger partial charge in [0.05, 0.1) is 31.2 Å². The van der Waals surface area contributed by atoms with E-state index in [9.17, 15) is 9.59 Å². The van der Waals surface area contributed by atoms with Gasteiger partial charge in [-0.3, -0.25) is 4.79 Å². The van der Waals surface area contributed by atoms with E-state index < -0.39 is 11.4 Å². The van der Waals surface area contributed by atoms with Crippen molar-refractivity contribution in [2.45, 2.75) is 0 Å². The van der Waals surface area contributed by atoms with E-state index in [2.05, 4.69) is 15.9 Å². The molecule has 0 amide bonds. The molecule has 0 radical (unpaired) electrons. The van der Waals surface area contributed by atoms with Crippen LogP contribution in [0.5, 0.6) is 23.0 Å². The van der Waals surface area contributed by atoms with Crippen LogP contribution in [-0.2, 0) is 4.79 Å². The van der Waals surface area contributed by atoms with Gasteiger partial charge < -0.3 is 23.4 Å². The lowest BCUT2D eigenvalue weighted by atomic mass is 10.1. The second-order valence-corrected chi connectivity index (χ2v) is 8.16. The lowest BCUT2D eigenvalue weighted by molar-refractivity contribution is -0.129. The van der Waals surface area contributed by atoms with Crippen molar-refractivity contribution < 1.29 is 28.2 Å². The SMILES string of the molecule is COc1ccc(-c2oc3ccccc3c(=O)c2OC(=O)/C=C/c2ccc(OC)c(OC)c2)cc1Br. The molecule has 0 saturated carbocycles. The van der Waals surface area contributed by atoms with Crippen molar-refractivity contribution in [3.05, 3.63) is 87.0 Å². The van der Waals surface area contributed by atoms with Crippen molar-refractivity contribution in [3.63, 3.8) is 0 Å². The van der Waals surface area contributed by atoms with Gasteiger partial charge in [0, 0.05) is 11.6 Å². The Labute approximate surface area is 209 Å². The summed E-state index contributed by atoms with van der Waals surface area (Å²) in [6.45, 7) is 0. The van der Waals surface area contributed by atoms with Crippen LogP contribution < -0.4 is 24.4 Å². The van der Waals surface area contributed by atoms with Crippen LogP contribution in [0.1, 0.15) is 5.56 Å². The number of hydrogen-bond donors (Lipinski definition) is 0. The number of hydrogen-bond acceptors (Lipinski definition) is 7. The summed E-state index contributed by atoms with van der Waals surface area (Å²) < 4.78 is 28.0. The number of rotatable bonds is 7. The first-order valence-corrected chi connectivity index (χ1v) is 11.3. The van der Waals surface area contributed by atoms with E-state index in [4.69, 9.17) is 23.4 Å². The summed E-state index contributed by atoms with van der Waals surface area (Å²) in [5, 5.41) is 0.301. The zero-order valence-electron chi connectivity index (χ0n) is 19.2. The largest absolute Gasteiger partial charge is 0.496 e. The molecule has 4 rings (SSSR count). The molecule has 0 unspecified atom stereocenters. The third kappa shape index (κ3) is 5.07. The number of carbonyl (C=O) groups is 1. The van der Waals surface area contributed by atoms with Crippen molar-refractivity contribution in [1.82, 2.24) is 0 Å². The van der Waals surface area contributed by atoms with Gasteiger partial charge >= 0.3 is 5.97 Å². The summed E-state index contributed by atoms with van der Waals surface area (Å²) in [6.07, 6.45) is 2.78. The number of halogens is 1. The quantitative estimate of drug-likeness (QED) is 0.216. The van der Waals surface area contributed by atoms with Gasteiger partial charge in [0.25, 0.3) is 0 Å². The molecule has 1 aromatic heterocycles. The van der Waals surface area contributed by atoms with Gasteiger partial charge in [0.15, 0.2) is 17.3 Å². The Kier molecular flexibility index (Phi) is 7.22. The molecule has 0 fully saturated rings. The fourth-order valence-corrected chi connectivity index (χ4v) is 4.01. The minimum atomic E-state index is -0.740. The molecule has 0 aliphatic rings. The van der Waals surface area contributed by atoms with Gasteiger partial charge in [0.1, 0.15) is 11.3 Å². The Balaban J connectivity index is 1.73. The smallest absolute Gasteiger partial charge is 0.336 e. The molecular weight excluding hydrogens is 516 g/mol. The standard InChI is InChI=1S/C27H21BrO7/c1-31-21-12-10-17(15-19(21)28)26-27(25(30)18-6-4-5-7-20(18)34-26)35-24(29)13-9-16-8-11-22(32-2)23(14-16)33-3/h4-15H,1-3H3/b13-9+. The topological polar surface area (TPSA) is 84.2 Å². The van der Waals surface area contributed by atoms with Crippen LogP contribution in [0, 0.1) is 0 Å². The Hall–Kier alpha value is -4.04. The molecule has 1 heterocycles. The lowest BCUT2D eigenvalue weighted by Crippen LogP contribution is -2.14. The van der Waals surface area contributed by atoms with Gasteiger partial charge in [-0.2, -0.15) is 0 Å². The summed E-state index contributed by atoms with van der Waals surface area (Å²) in [5.74, 6) is 0.874. The maximum Gasteiger partial charge on any atom is 0.336 e. The van der Waals surface area contributed by atoms with Crippen LogP contribution in [-0.4, -0.2) is 27.3 Å². The molecular formula is C27H21BrO7. The van der Waals surface area contributed by atoms with Gasteiger partial charge in [-0.1, -0.05) is 18.2 Å². The minimum Gasteiger partial charge on any atom is -0.496 e. The zero-order chi connectivity index (χ0) is 24.9. The molecule has 0 N–H and O–H groups in total. The van der Waals surface area contributed by atoms with Crippen molar-refractivity contribution in [2.24, 2.45) is 0 Å². The van der Waals surface area contributed by atoms with Crippen LogP contribution in [0.3, 0.4) is 0 Å².